The van der Waals surface area contributed by atoms with Crippen molar-refractivity contribution >= 4 is 17.5 Å². The van der Waals surface area contributed by atoms with E-state index >= 15 is 0 Å². The summed E-state index contributed by atoms with van der Waals surface area (Å²) in [6.45, 7) is 1.11. The summed E-state index contributed by atoms with van der Waals surface area (Å²) in [5.41, 5.74) is -0.568. The van der Waals surface area contributed by atoms with Crippen LogP contribution in [0.4, 0.5) is 11.5 Å². The molecule has 0 saturated carbocycles. The molecule has 0 radical (unpaired) electrons. The highest BCUT2D eigenvalue weighted by Crippen LogP contribution is 2.23. The van der Waals surface area contributed by atoms with E-state index in [1.54, 1.807) is 0 Å². The Labute approximate surface area is 102 Å². The molecule has 18 heavy (non-hydrogen) atoms. The summed E-state index contributed by atoms with van der Waals surface area (Å²) in [6.07, 6.45) is 2.01. The highest BCUT2D eigenvalue weighted by atomic mass is 16.6. The van der Waals surface area contributed by atoms with E-state index in [1.807, 2.05) is 0 Å². The van der Waals surface area contributed by atoms with Gasteiger partial charge >= 0.3 is 11.7 Å². The van der Waals surface area contributed by atoms with Crippen LogP contribution in [0.5, 0.6) is 0 Å². The van der Waals surface area contributed by atoms with Crippen LogP contribution >= 0.6 is 0 Å². The van der Waals surface area contributed by atoms with E-state index < -0.39 is 10.9 Å². The fourth-order valence-corrected chi connectivity index (χ4v) is 1.50. The van der Waals surface area contributed by atoms with E-state index in [-0.39, 0.29) is 23.2 Å². The molecule has 0 bridgehead atoms. The molecule has 1 fully saturated rings. The highest BCUT2D eigenvalue weighted by Gasteiger charge is 2.22. The molecule has 1 aliphatic heterocycles. The van der Waals surface area contributed by atoms with Gasteiger partial charge in [0, 0.05) is 25.4 Å². The van der Waals surface area contributed by atoms with E-state index in [4.69, 9.17) is 9.84 Å². The first kappa shape index (κ1) is 12.2. The second-order valence-corrected chi connectivity index (χ2v) is 3.82. The summed E-state index contributed by atoms with van der Waals surface area (Å²) in [6, 6.07) is 0.985. The SMILES string of the molecule is O=C(O)c1cnc(NC[C@@H]2CCO2)c([N+](=O)[O-])c1. The van der Waals surface area contributed by atoms with E-state index in [1.165, 1.54) is 0 Å². The molecule has 8 nitrogen and oxygen atoms in total. The molecule has 0 spiro atoms. The Hall–Kier alpha value is -2.22. The second-order valence-electron chi connectivity index (χ2n) is 3.82. The summed E-state index contributed by atoms with van der Waals surface area (Å²) >= 11 is 0. The molecule has 2 N–H and O–H groups in total. The van der Waals surface area contributed by atoms with E-state index in [0.29, 0.717) is 13.2 Å². The lowest BCUT2D eigenvalue weighted by molar-refractivity contribution is -0.384. The number of aromatic nitrogens is 1. The summed E-state index contributed by atoms with van der Waals surface area (Å²) in [4.78, 5) is 24.6. The predicted octanol–water partition coefficient (Wildman–Crippen LogP) is 0.889. The number of ether oxygens (including phenoxy) is 1. The number of nitrogens with zero attached hydrogens (tertiary/aromatic N) is 2. The average molecular weight is 253 g/mol. The minimum absolute atomic E-state index is 0.0329. The van der Waals surface area contributed by atoms with Gasteiger partial charge in [-0.1, -0.05) is 0 Å². The number of anilines is 1. The second kappa shape index (κ2) is 4.96. The predicted molar refractivity (Wildman–Crippen MR) is 60.7 cm³/mol. The van der Waals surface area contributed by atoms with Crippen LogP contribution in [-0.2, 0) is 4.74 Å². The van der Waals surface area contributed by atoms with E-state index in [0.717, 1.165) is 18.7 Å². The maximum atomic E-state index is 10.8. The van der Waals surface area contributed by atoms with Gasteiger partial charge in [0.2, 0.25) is 5.82 Å². The van der Waals surface area contributed by atoms with Gasteiger partial charge in [-0.2, -0.15) is 0 Å². The number of nitrogens with one attached hydrogen (secondary N) is 1. The normalized spacial score (nSPS) is 17.9. The van der Waals surface area contributed by atoms with E-state index in [9.17, 15) is 14.9 Å². The average Bonchev–Trinajstić information content (AvgIpc) is 2.26. The molecule has 1 aliphatic rings. The molecule has 0 aromatic carbocycles. The molecule has 1 saturated heterocycles. The van der Waals surface area contributed by atoms with Crippen molar-refractivity contribution in [2.24, 2.45) is 0 Å². The molecule has 96 valence electrons. The van der Waals surface area contributed by atoms with Crippen molar-refractivity contribution in [1.82, 2.24) is 4.98 Å². The molecule has 1 aromatic heterocycles. The third kappa shape index (κ3) is 2.54. The highest BCUT2D eigenvalue weighted by molar-refractivity contribution is 5.88. The summed E-state index contributed by atoms with van der Waals surface area (Å²) < 4.78 is 5.16. The zero-order valence-corrected chi connectivity index (χ0v) is 9.33. The van der Waals surface area contributed by atoms with Crippen LogP contribution in [0.1, 0.15) is 16.8 Å². The number of nitro groups is 1. The maximum Gasteiger partial charge on any atom is 0.337 e. The van der Waals surface area contributed by atoms with Gasteiger partial charge in [-0.3, -0.25) is 10.1 Å². The number of aromatic carboxylic acids is 1. The van der Waals surface area contributed by atoms with Crippen LogP contribution in [0.2, 0.25) is 0 Å². The van der Waals surface area contributed by atoms with Gasteiger partial charge in [-0.15, -0.1) is 0 Å². The lowest BCUT2D eigenvalue weighted by atomic mass is 10.2. The monoisotopic (exact) mass is 253 g/mol. The van der Waals surface area contributed by atoms with E-state index in [2.05, 4.69) is 10.3 Å². The first-order chi connectivity index (χ1) is 8.58. The fourth-order valence-electron chi connectivity index (χ4n) is 1.50. The van der Waals surface area contributed by atoms with Gasteiger partial charge in [0.1, 0.15) is 0 Å². The Morgan fingerprint density at radius 3 is 2.94 bits per heavy atom. The number of pyridine rings is 1. The van der Waals surface area contributed by atoms with Crippen molar-refractivity contribution in [1.29, 1.82) is 0 Å². The standard InChI is InChI=1S/C10H11N3O5/c14-10(15)6-3-8(13(16)17)9(11-4-6)12-5-7-1-2-18-7/h3-4,7H,1-2,5H2,(H,11,12)(H,14,15)/t7-/m0/s1. The lowest BCUT2D eigenvalue weighted by Gasteiger charge is -2.26. The Balaban J connectivity index is 2.16. The molecular formula is C10H11N3O5. The number of rotatable bonds is 5. The molecule has 2 heterocycles. The topological polar surface area (TPSA) is 115 Å². The lowest BCUT2D eigenvalue weighted by Crippen LogP contribution is -2.33. The molecule has 0 aliphatic carbocycles. The van der Waals surface area contributed by atoms with Gasteiger partial charge in [0.15, 0.2) is 0 Å². The van der Waals surface area contributed by atoms with Crippen molar-refractivity contribution in [2.45, 2.75) is 12.5 Å². The zero-order chi connectivity index (χ0) is 13.1. The van der Waals surface area contributed by atoms with Crippen LogP contribution in [0.3, 0.4) is 0 Å². The molecule has 8 heteroatoms. The van der Waals surface area contributed by atoms with Crippen molar-refractivity contribution in [3.05, 3.63) is 27.9 Å². The summed E-state index contributed by atoms with van der Waals surface area (Å²) in [5, 5.41) is 22.4. The number of carbonyl (C=O) groups is 1. The Kier molecular flexibility index (Phi) is 3.38. The smallest absolute Gasteiger partial charge is 0.337 e. The van der Waals surface area contributed by atoms with Gasteiger partial charge in [0.05, 0.1) is 16.6 Å². The van der Waals surface area contributed by atoms with Gasteiger partial charge in [-0.05, 0) is 6.42 Å². The molecule has 1 aromatic rings. The first-order valence-electron chi connectivity index (χ1n) is 5.31. The van der Waals surface area contributed by atoms with Crippen LogP contribution < -0.4 is 5.32 Å². The Morgan fingerprint density at radius 1 is 1.72 bits per heavy atom. The van der Waals surface area contributed by atoms with Crippen molar-refractivity contribution < 1.29 is 19.6 Å². The minimum Gasteiger partial charge on any atom is -0.478 e. The van der Waals surface area contributed by atoms with Gasteiger partial charge < -0.3 is 15.2 Å². The van der Waals surface area contributed by atoms with Crippen LogP contribution in [0.15, 0.2) is 12.3 Å². The van der Waals surface area contributed by atoms with Gasteiger partial charge in [-0.25, -0.2) is 9.78 Å². The third-order valence-corrected chi connectivity index (χ3v) is 2.60. The van der Waals surface area contributed by atoms with Gasteiger partial charge in [0.25, 0.3) is 0 Å². The van der Waals surface area contributed by atoms with Crippen molar-refractivity contribution in [3.63, 3.8) is 0 Å². The maximum absolute atomic E-state index is 10.8. The molecule has 1 atom stereocenters. The zero-order valence-electron chi connectivity index (χ0n) is 9.33. The fraction of sp³-hybridized carbons (Fsp3) is 0.400. The van der Waals surface area contributed by atoms with Crippen LogP contribution in [-0.4, -0.2) is 40.2 Å². The quantitative estimate of drug-likeness (QED) is 0.591. The summed E-state index contributed by atoms with van der Waals surface area (Å²) in [7, 11) is 0. The van der Waals surface area contributed by atoms with Crippen LogP contribution in [0.25, 0.3) is 0 Å². The third-order valence-electron chi connectivity index (χ3n) is 2.60. The summed E-state index contributed by atoms with van der Waals surface area (Å²) in [5.74, 6) is -1.19. The number of carboxylic acid groups (broad SMARTS) is 1. The number of hydrogen-bond acceptors (Lipinski definition) is 6. The first-order valence-corrected chi connectivity index (χ1v) is 5.31. The van der Waals surface area contributed by atoms with Crippen molar-refractivity contribution in [3.8, 4) is 0 Å². The Morgan fingerprint density at radius 2 is 2.44 bits per heavy atom. The largest absolute Gasteiger partial charge is 0.478 e. The number of hydrogen-bond donors (Lipinski definition) is 2. The minimum atomic E-state index is -1.25. The molecule has 0 unspecified atom stereocenters. The Bertz CT molecular complexity index is 486. The van der Waals surface area contributed by atoms with Crippen molar-refractivity contribution in [2.75, 3.05) is 18.5 Å². The molecule has 2 rings (SSSR count). The molecular weight excluding hydrogens is 242 g/mol. The van der Waals surface area contributed by atoms with Crippen LogP contribution in [0, 0.1) is 10.1 Å². The number of carboxylic acids is 1. The molecule has 0 amide bonds.